The molecule has 0 atom stereocenters. The molecule has 1 aromatic heterocycles. The Morgan fingerprint density at radius 3 is 2.72 bits per heavy atom. The highest BCUT2D eigenvalue weighted by Gasteiger charge is 2.05. The van der Waals surface area contributed by atoms with Crippen LogP contribution in [0.3, 0.4) is 0 Å². The number of anilines is 1. The molecule has 0 amide bonds. The Morgan fingerprint density at radius 1 is 1.22 bits per heavy atom. The molecule has 1 aromatic carbocycles. The minimum Gasteiger partial charge on any atom is -0.467 e. The van der Waals surface area contributed by atoms with Gasteiger partial charge in [0.2, 0.25) is 0 Å². The van der Waals surface area contributed by atoms with Gasteiger partial charge >= 0.3 is 0 Å². The third kappa shape index (κ3) is 3.37. The summed E-state index contributed by atoms with van der Waals surface area (Å²) in [6.45, 7) is 4.74. The highest BCUT2D eigenvalue weighted by molar-refractivity contribution is 5.45. The number of hydrogen-bond acceptors (Lipinski definition) is 3. The molecule has 2 aromatic rings. The molecule has 0 saturated heterocycles. The topological polar surface area (TPSA) is 28.4 Å². The monoisotopic (exact) mass is 244 g/mol. The highest BCUT2D eigenvalue weighted by atomic mass is 16.3. The number of benzene rings is 1. The lowest BCUT2D eigenvalue weighted by Gasteiger charge is -2.17. The van der Waals surface area contributed by atoms with Crippen molar-refractivity contribution in [1.82, 2.24) is 5.32 Å². The summed E-state index contributed by atoms with van der Waals surface area (Å²) in [5, 5.41) is 3.29. The maximum Gasteiger partial charge on any atom is 0.123 e. The second-order valence-corrected chi connectivity index (χ2v) is 4.39. The van der Waals surface area contributed by atoms with Crippen LogP contribution in [0.2, 0.25) is 0 Å². The van der Waals surface area contributed by atoms with Crippen molar-refractivity contribution >= 4 is 5.69 Å². The summed E-state index contributed by atoms with van der Waals surface area (Å²) in [6, 6.07) is 12.4. The molecule has 18 heavy (non-hydrogen) atoms. The fraction of sp³-hybridized carbons (Fsp3) is 0.333. The average molecular weight is 244 g/mol. The van der Waals surface area contributed by atoms with Gasteiger partial charge < -0.3 is 14.6 Å². The number of hydrogen-bond donors (Lipinski definition) is 1. The van der Waals surface area contributed by atoms with Crippen LogP contribution in [0.5, 0.6) is 0 Å². The third-order valence-electron chi connectivity index (χ3n) is 2.88. The maximum absolute atomic E-state index is 5.57. The molecule has 0 aliphatic heterocycles. The molecule has 2 rings (SSSR count). The highest BCUT2D eigenvalue weighted by Crippen LogP contribution is 2.16. The number of furan rings is 1. The SMILES string of the molecule is CCNCc1coc(CN(C)c2ccccc2)c1. The van der Waals surface area contributed by atoms with Crippen LogP contribution >= 0.6 is 0 Å². The Labute approximate surface area is 108 Å². The standard InChI is InChI=1S/C15H20N2O/c1-3-16-10-13-9-15(18-12-13)11-17(2)14-7-5-4-6-8-14/h4-9,12,16H,3,10-11H2,1-2H3. The molecule has 1 N–H and O–H groups in total. The fourth-order valence-corrected chi connectivity index (χ4v) is 1.88. The van der Waals surface area contributed by atoms with Crippen LogP contribution in [-0.4, -0.2) is 13.6 Å². The van der Waals surface area contributed by atoms with Crippen molar-refractivity contribution in [3.63, 3.8) is 0 Å². The normalized spacial score (nSPS) is 10.6. The van der Waals surface area contributed by atoms with Crippen LogP contribution < -0.4 is 10.2 Å². The summed E-state index contributed by atoms with van der Waals surface area (Å²) in [5.41, 5.74) is 2.40. The predicted octanol–water partition coefficient (Wildman–Crippen LogP) is 3.03. The van der Waals surface area contributed by atoms with Crippen molar-refractivity contribution in [2.45, 2.75) is 20.0 Å². The van der Waals surface area contributed by atoms with E-state index in [0.29, 0.717) is 0 Å². The molecule has 1 heterocycles. The molecule has 0 unspecified atom stereocenters. The molecule has 0 aliphatic rings. The Bertz CT molecular complexity index is 464. The van der Waals surface area contributed by atoms with Crippen LogP contribution in [-0.2, 0) is 13.1 Å². The van der Waals surface area contributed by atoms with Crippen molar-refractivity contribution in [2.75, 3.05) is 18.5 Å². The van der Waals surface area contributed by atoms with Crippen LogP contribution in [0, 0.1) is 0 Å². The average Bonchev–Trinajstić information content (AvgIpc) is 2.85. The first kappa shape index (κ1) is 12.7. The van der Waals surface area contributed by atoms with E-state index in [1.807, 2.05) is 24.5 Å². The van der Waals surface area contributed by atoms with Gasteiger partial charge in [-0.15, -0.1) is 0 Å². The van der Waals surface area contributed by atoms with Gasteiger partial charge in [0, 0.05) is 24.8 Å². The van der Waals surface area contributed by atoms with Gasteiger partial charge in [-0.2, -0.15) is 0 Å². The van der Waals surface area contributed by atoms with Gasteiger partial charge in [0.25, 0.3) is 0 Å². The molecule has 0 saturated carbocycles. The Hall–Kier alpha value is -1.74. The Morgan fingerprint density at radius 2 is 2.00 bits per heavy atom. The summed E-state index contributed by atoms with van der Waals surface area (Å²) in [4.78, 5) is 2.18. The zero-order valence-corrected chi connectivity index (χ0v) is 11.0. The van der Waals surface area contributed by atoms with E-state index in [2.05, 4.69) is 42.4 Å². The smallest absolute Gasteiger partial charge is 0.123 e. The first-order chi connectivity index (χ1) is 8.79. The summed E-state index contributed by atoms with van der Waals surface area (Å²) < 4.78 is 5.57. The van der Waals surface area contributed by atoms with Crippen molar-refractivity contribution in [3.05, 3.63) is 54.0 Å². The zero-order chi connectivity index (χ0) is 12.8. The molecule has 0 radical (unpaired) electrons. The van der Waals surface area contributed by atoms with Gasteiger partial charge in [0.1, 0.15) is 5.76 Å². The van der Waals surface area contributed by atoms with E-state index >= 15 is 0 Å². The van der Waals surface area contributed by atoms with Gasteiger partial charge in [-0.3, -0.25) is 0 Å². The predicted molar refractivity (Wildman–Crippen MR) is 74.6 cm³/mol. The lowest BCUT2D eigenvalue weighted by Crippen LogP contribution is -2.15. The third-order valence-corrected chi connectivity index (χ3v) is 2.88. The largest absolute Gasteiger partial charge is 0.467 e. The molecule has 0 fully saturated rings. The van der Waals surface area contributed by atoms with E-state index in [-0.39, 0.29) is 0 Å². The Kier molecular flexibility index (Phi) is 4.42. The first-order valence-electron chi connectivity index (χ1n) is 6.32. The van der Waals surface area contributed by atoms with Crippen molar-refractivity contribution in [3.8, 4) is 0 Å². The fourth-order valence-electron chi connectivity index (χ4n) is 1.88. The zero-order valence-electron chi connectivity index (χ0n) is 11.0. The summed E-state index contributed by atoms with van der Waals surface area (Å²) in [7, 11) is 2.07. The molecule has 96 valence electrons. The summed E-state index contributed by atoms with van der Waals surface area (Å²) in [5.74, 6) is 0.995. The van der Waals surface area contributed by atoms with E-state index in [1.165, 1.54) is 11.3 Å². The van der Waals surface area contributed by atoms with Crippen LogP contribution in [0.25, 0.3) is 0 Å². The first-order valence-corrected chi connectivity index (χ1v) is 6.32. The van der Waals surface area contributed by atoms with E-state index in [9.17, 15) is 0 Å². The van der Waals surface area contributed by atoms with Gasteiger partial charge in [-0.05, 0) is 24.7 Å². The number of nitrogens with one attached hydrogen (secondary N) is 1. The van der Waals surface area contributed by atoms with E-state index in [0.717, 1.165) is 25.4 Å². The number of nitrogens with zero attached hydrogens (tertiary/aromatic N) is 1. The van der Waals surface area contributed by atoms with Crippen LogP contribution in [0.1, 0.15) is 18.2 Å². The molecule has 3 heteroatoms. The van der Waals surface area contributed by atoms with E-state index < -0.39 is 0 Å². The lowest BCUT2D eigenvalue weighted by molar-refractivity contribution is 0.504. The number of rotatable bonds is 6. The molecule has 0 aliphatic carbocycles. The molecule has 0 bridgehead atoms. The van der Waals surface area contributed by atoms with Crippen LogP contribution in [0.4, 0.5) is 5.69 Å². The molecular formula is C15H20N2O. The second kappa shape index (κ2) is 6.26. The summed E-state index contributed by atoms with van der Waals surface area (Å²) in [6.07, 6.45) is 1.83. The van der Waals surface area contributed by atoms with E-state index in [4.69, 9.17) is 4.42 Å². The minimum atomic E-state index is 0.788. The minimum absolute atomic E-state index is 0.788. The summed E-state index contributed by atoms with van der Waals surface area (Å²) >= 11 is 0. The maximum atomic E-state index is 5.57. The van der Waals surface area contributed by atoms with Gasteiger partial charge in [-0.25, -0.2) is 0 Å². The van der Waals surface area contributed by atoms with Gasteiger partial charge in [-0.1, -0.05) is 25.1 Å². The van der Waals surface area contributed by atoms with Crippen LogP contribution in [0.15, 0.2) is 47.1 Å². The van der Waals surface area contributed by atoms with Gasteiger partial charge in [0.05, 0.1) is 12.8 Å². The van der Waals surface area contributed by atoms with Crippen molar-refractivity contribution in [1.29, 1.82) is 0 Å². The molecule has 0 spiro atoms. The van der Waals surface area contributed by atoms with Crippen molar-refractivity contribution in [2.24, 2.45) is 0 Å². The Balaban J connectivity index is 1.95. The van der Waals surface area contributed by atoms with Gasteiger partial charge in [0.15, 0.2) is 0 Å². The van der Waals surface area contributed by atoms with E-state index in [1.54, 1.807) is 0 Å². The molecular weight excluding hydrogens is 224 g/mol. The lowest BCUT2D eigenvalue weighted by atomic mass is 10.2. The second-order valence-electron chi connectivity index (χ2n) is 4.39. The number of para-hydroxylation sites is 1. The molecule has 3 nitrogen and oxygen atoms in total. The van der Waals surface area contributed by atoms with Crippen molar-refractivity contribution < 1.29 is 4.42 Å². The quantitative estimate of drug-likeness (QED) is 0.846.